The number of nitrogens with zero attached hydrogens (tertiary/aromatic N) is 1. The Labute approximate surface area is 164 Å². The zero-order valence-electron chi connectivity index (χ0n) is 14.9. The molecule has 1 N–H and O–H groups in total. The predicted molar refractivity (Wildman–Crippen MR) is 107 cm³/mol. The quantitative estimate of drug-likeness (QED) is 0.851. The Morgan fingerprint density at radius 1 is 1.07 bits per heavy atom. The van der Waals surface area contributed by atoms with E-state index in [0.717, 1.165) is 24.2 Å². The van der Waals surface area contributed by atoms with Gasteiger partial charge >= 0.3 is 0 Å². The molecule has 4 rings (SSSR count). The molecule has 27 heavy (non-hydrogen) atoms. The lowest BCUT2D eigenvalue weighted by Crippen LogP contribution is -2.38. The lowest BCUT2D eigenvalue weighted by atomic mass is 9.91. The average molecular weight is 403 g/mol. The lowest BCUT2D eigenvalue weighted by Gasteiger charge is -2.31. The molecular formula is C20H22N2O3S2. The maximum Gasteiger partial charge on any atom is 0.243 e. The van der Waals surface area contributed by atoms with Crippen molar-refractivity contribution in [1.82, 2.24) is 4.31 Å². The summed E-state index contributed by atoms with van der Waals surface area (Å²) in [6.07, 6.45) is 2.73. The van der Waals surface area contributed by atoms with Gasteiger partial charge in [-0.1, -0.05) is 30.3 Å². The predicted octanol–water partition coefficient (Wildman–Crippen LogP) is 3.37. The zero-order chi connectivity index (χ0) is 18.9. The first-order valence-corrected chi connectivity index (χ1v) is 11.6. The SMILES string of the molecule is O=C1CSc2ccc(S(=O)(=O)N3CCC(Cc4ccccc4)CC3)cc2N1. The molecular weight excluding hydrogens is 380 g/mol. The molecule has 2 aromatic carbocycles. The van der Waals surface area contributed by atoms with E-state index in [0.29, 0.717) is 30.4 Å². The maximum absolute atomic E-state index is 13.0. The molecule has 2 heterocycles. The summed E-state index contributed by atoms with van der Waals surface area (Å²) in [5.41, 5.74) is 1.90. The van der Waals surface area contributed by atoms with Crippen molar-refractivity contribution in [2.24, 2.45) is 5.92 Å². The molecule has 1 saturated heterocycles. The number of anilines is 1. The van der Waals surface area contributed by atoms with Gasteiger partial charge < -0.3 is 5.32 Å². The van der Waals surface area contributed by atoms with Crippen molar-refractivity contribution >= 4 is 33.4 Å². The molecule has 0 aliphatic carbocycles. The molecule has 142 valence electrons. The number of fused-ring (bicyclic) bond motifs is 1. The number of sulfonamides is 1. The average Bonchev–Trinajstić information content (AvgIpc) is 2.68. The van der Waals surface area contributed by atoms with Crippen molar-refractivity contribution in [2.75, 3.05) is 24.2 Å². The minimum Gasteiger partial charge on any atom is -0.324 e. The second-order valence-electron chi connectivity index (χ2n) is 7.03. The van der Waals surface area contributed by atoms with Crippen molar-refractivity contribution in [2.45, 2.75) is 29.1 Å². The van der Waals surface area contributed by atoms with Crippen LogP contribution in [-0.2, 0) is 21.2 Å². The molecule has 0 spiro atoms. The fourth-order valence-corrected chi connectivity index (χ4v) is 5.96. The number of amides is 1. The Morgan fingerprint density at radius 2 is 1.81 bits per heavy atom. The van der Waals surface area contributed by atoms with Crippen LogP contribution in [0.3, 0.4) is 0 Å². The molecule has 7 heteroatoms. The second kappa shape index (κ2) is 7.66. The van der Waals surface area contributed by atoms with E-state index in [1.165, 1.54) is 17.3 Å². The van der Waals surface area contributed by atoms with Gasteiger partial charge in [0.15, 0.2) is 0 Å². The summed E-state index contributed by atoms with van der Waals surface area (Å²) >= 11 is 1.43. The van der Waals surface area contributed by atoms with Crippen molar-refractivity contribution in [3.05, 3.63) is 54.1 Å². The molecule has 1 amide bonds. The molecule has 0 atom stereocenters. The van der Waals surface area contributed by atoms with Crippen LogP contribution in [0.5, 0.6) is 0 Å². The van der Waals surface area contributed by atoms with E-state index in [1.54, 1.807) is 22.5 Å². The van der Waals surface area contributed by atoms with Crippen LogP contribution >= 0.6 is 11.8 Å². The summed E-state index contributed by atoms with van der Waals surface area (Å²) in [6.45, 7) is 1.08. The number of thioether (sulfide) groups is 1. The van der Waals surface area contributed by atoms with Gasteiger partial charge in [0.25, 0.3) is 0 Å². The summed E-state index contributed by atoms with van der Waals surface area (Å²) in [5.74, 6) is 0.787. The normalized spacial score (nSPS) is 18.7. The van der Waals surface area contributed by atoms with Crippen LogP contribution in [0.4, 0.5) is 5.69 Å². The Hall–Kier alpha value is -1.83. The van der Waals surface area contributed by atoms with Crippen molar-refractivity contribution in [3.63, 3.8) is 0 Å². The third kappa shape index (κ3) is 4.05. The minimum atomic E-state index is -3.54. The largest absolute Gasteiger partial charge is 0.324 e. The van der Waals surface area contributed by atoms with E-state index >= 15 is 0 Å². The van der Waals surface area contributed by atoms with Crippen molar-refractivity contribution in [3.8, 4) is 0 Å². The first kappa shape index (κ1) is 18.5. The number of hydrogen-bond donors (Lipinski definition) is 1. The summed E-state index contributed by atoms with van der Waals surface area (Å²) in [5, 5.41) is 2.77. The summed E-state index contributed by atoms with van der Waals surface area (Å²) in [7, 11) is -3.54. The highest BCUT2D eigenvalue weighted by Crippen LogP contribution is 2.34. The maximum atomic E-state index is 13.0. The number of rotatable bonds is 4. The van der Waals surface area contributed by atoms with E-state index in [4.69, 9.17) is 0 Å². The van der Waals surface area contributed by atoms with Gasteiger partial charge in [0.1, 0.15) is 0 Å². The number of piperidine rings is 1. The molecule has 2 aliphatic rings. The Balaban J connectivity index is 1.44. The molecule has 0 saturated carbocycles. The summed E-state index contributed by atoms with van der Waals surface area (Å²) in [6, 6.07) is 15.4. The van der Waals surface area contributed by atoms with Crippen LogP contribution in [0.15, 0.2) is 58.3 Å². The van der Waals surface area contributed by atoms with Gasteiger partial charge in [-0.25, -0.2) is 8.42 Å². The number of carbonyl (C=O) groups excluding carboxylic acids is 1. The first-order valence-electron chi connectivity index (χ1n) is 9.13. The summed E-state index contributed by atoms with van der Waals surface area (Å²) < 4.78 is 27.6. The van der Waals surface area contributed by atoms with Gasteiger partial charge in [-0.3, -0.25) is 4.79 Å². The standard InChI is InChI=1S/C20H22N2O3S2/c23-20-14-26-19-7-6-17(13-18(19)21-20)27(24,25)22-10-8-16(9-11-22)12-15-4-2-1-3-5-15/h1-7,13,16H,8-12,14H2,(H,21,23). The van der Waals surface area contributed by atoms with E-state index in [2.05, 4.69) is 17.4 Å². The number of benzene rings is 2. The third-order valence-corrected chi connectivity index (χ3v) is 8.13. The van der Waals surface area contributed by atoms with Crippen LogP contribution in [0.25, 0.3) is 0 Å². The van der Waals surface area contributed by atoms with Crippen LogP contribution in [0, 0.1) is 5.92 Å². The van der Waals surface area contributed by atoms with Crippen LogP contribution in [0.1, 0.15) is 18.4 Å². The zero-order valence-corrected chi connectivity index (χ0v) is 16.6. The third-order valence-electron chi connectivity index (χ3n) is 5.16. The Kier molecular flexibility index (Phi) is 5.25. The van der Waals surface area contributed by atoms with E-state index in [-0.39, 0.29) is 10.8 Å². The minimum absolute atomic E-state index is 0.0937. The molecule has 2 aromatic rings. The number of carbonyl (C=O) groups is 1. The molecule has 0 aromatic heterocycles. The first-order chi connectivity index (χ1) is 13.0. The van der Waals surface area contributed by atoms with Crippen LogP contribution in [-0.4, -0.2) is 37.5 Å². The van der Waals surface area contributed by atoms with E-state index in [1.807, 2.05) is 18.2 Å². The van der Waals surface area contributed by atoms with Gasteiger partial charge in [-0.2, -0.15) is 4.31 Å². The van der Waals surface area contributed by atoms with Crippen LogP contribution < -0.4 is 5.32 Å². The van der Waals surface area contributed by atoms with Crippen LogP contribution in [0.2, 0.25) is 0 Å². The molecule has 1 fully saturated rings. The smallest absolute Gasteiger partial charge is 0.243 e. The van der Waals surface area contributed by atoms with Crippen molar-refractivity contribution in [1.29, 1.82) is 0 Å². The number of nitrogens with one attached hydrogen (secondary N) is 1. The Morgan fingerprint density at radius 3 is 2.56 bits per heavy atom. The van der Waals surface area contributed by atoms with Gasteiger partial charge in [-0.15, -0.1) is 11.8 Å². The van der Waals surface area contributed by atoms with Gasteiger partial charge in [0, 0.05) is 18.0 Å². The molecule has 0 unspecified atom stereocenters. The van der Waals surface area contributed by atoms with Gasteiger partial charge in [0.05, 0.1) is 16.3 Å². The highest BCUT2D eigenvalue weighted by Gasteiger charge is 2.30. The molecule has 0 radical (unpaired) electrons. The number of hydrogen-bond acceptors (Lipinski definition) is 4. The summed E-state index contributed by atoms with van der Waals surface area (Å²) in [4.78, 5) is 12.8. The second-order valence-corrected chi connectivity index (χ2v) is 9.99. The van der Waals surface area contributed by atoms with E-state index in [9.17, 15) is 13.2 Å². The topological polar surface area (TPSA) is 66.5 Å². The fourth-order valence-electron chi connectivity index (χ4n) is 3.67. The van der Waals surface area contributed by atoms with Crippen molar-refractivity contribution < 1.29 is 13.2 Å². The molecule has 0 bridgehead atoms. The van der Waals surface area contributed by atoms with Gasteiger partial charge in [-0.05, 0) is 48.9 Å². The molecule has 5 nitrogen and oxygen atoms in total. The van der Waals surface area contributed by atoms with Gasteiger partial charge in [0.2, 0.25) is 15.9 Å². The Bertz CT molecular complexity index is 937. The highest BCUT2D eigenvalue weighted by atomic mass is 32.2. The fraction of sp³-hybridized carbons (Fsp3) is 0.350. The van der Waals surface area contributed by atoms with E-state index < -0.39 is 10.0 Å². The monoisotopic (exact) mass is 402 g/mol. The highest BCUT2D eigenvalue weighted by molar-refractivity contribution is 8.00. The molecule has 2 aliphatic heterocycles. The lowest BCUT2D eigenvalue weighted by molar-refractivity contribution is -0.113.